The fraction of sp³-hybridized carbons (Fsp3) is 0.231. The molecule has 0 spiro atoms. The van der Waals surface area contributed by atoms with Crippen molar-refractivity contribution in [3.63, 3.8) is 0 Å². The molecule has 1 atom stereocenters. The van der Waals surface area contributed by atoms with Crippen LogP contribution in [0.2, 0.25) is 0 Å². The summed E-state index contributed by atoms with van der Waals surface area (Å²) in [5.74, 6) is -0.174. The third-order valence-corrected chi connectivity index (χ3v) is 2.58. The number of aromatic nitrogens is 1. The Morgan fingerprint density at radius 3 is 2.33 bits per heavy atom. The number of benzene rings is 1. The van der Waals surface area contributed by atoms with Crippen molar-refractivity contribution in [1.82, 2.24) is 4.57 Å². The van der Waals surface area contributed by atoms with Crippen LogP contribution >= 0.6 is 0 Å². The second-order valence-electron chi connectivity index (χ2n) is 3.81. The van der Waals surface area contributed by atoms with Crippen LogP contribution in [0.15, 0.2) is 48.8 Å². The minimum atomic E-state index is -0.174. The molecule has 15 heavy (non-hydrogen) atoms. The van der Waals surface area contributed by atoms with Crippen LogP contribution in [0, 0.1) is 5.82 Å². The summed E-state index contributed by atoms with van der Waals surface area (Å²) in [5, 5.41) is 0. The van der Waals surface area contributed by atoms with E-state index in [-0.39, 0.29) is 5.82 Å². The average molecular weight is 203 g/mol. The van der Waals surface area contributed by atoms with Gasteiger partial charge < -0.3 is 4.57 Å². The molecule has 0 saturated carbocycles. The van der Waals surface area contributed by atoms with Gasteiger partial charge in [0.25, 0.3) is 0 Å². The molecule has 0 N–H and O–H groups in total. The molecule has 0 aliphatic heterocycles. The summed E-state index contributed by atoms with van der Waals surface area (Å²) < 4.78 is 14.8. The Balaban J connectivity index is 2.06. The molecule has 2 heteroatoms. The van der Waals surface area contributed by atoms with Gasteiger partial charge >= 0.3 is 0 Å². The minimum Gasteiger partial charge on any atom is -0.351 e. The normalized spacial score (nSPS) is 12.7. The highest BCUT2D eigenvalue weighted by atomic mass is 19.1. The summed E-state index contributed by atoms with van der Waals surface area (Å²) in [6.45, 7) is 2.16. The van der Waals surface area contributed by atoms with Gasteiger partial charge in [-0.2, -0.15) is 0 Å². The van der Waals surface area contributed by atoms with Gasteiger partial charge in [-0.25, -0.2) is 4.39 Å². The van der Waals surface area contributed by atoms with E-state index in [1.807, 2.05) is 36.7 Å². The van der Waals surface area contributed by atoms with Crippen LogP contribution < -0.4 is 0 Å². The van der Waals surface area contributed by atoms with Gasteiger partial charge in [-0.3, -0.25) is 0 Å². The van der Waals surface area contributed by atoms with Crippen molar-refractivity contribution < 1.29 is 4.39 Å². The molecule has 1 aromatic heterocycles. The van der Waals surface area contributed by atoms with Crippen LogP contribution in [0.5, 0.6) is 0 Å². The molecule has 0 aliphatic rings. The Hall–Kier alpha value is -1.57. The molecule has 1 heterocycles. The van der Waals surface area contributed by atoms with Crippen molar-refractivity contribution in [3.05, 3.63) is 60.2 Å². The van der Waals surface area contributed by atoms with Gasteiger partial charge in [0.1, 0.15) is 5.82 Å². The molecule has 78 valence electrons. The summed E-state index contributed by atoms with van der Waals surface area (Å²) in [7, 11) is 0. The molecule has 2 rings (SSSR count). The number of hydrogen-bond donors (Lipinski definition) is 0. The summed E-state index contributed by atoms with van der Waals surface area (Å²) in [4.78, 5) is 0. The topological polar surface area (TPSA) is 4.93 Å². The van der Waals surface area contributed by atoms with E-state index in [0.29, 0.717) is 6.04 Å². The molecule has 0 bridgehead atoms. The predicted octanol–water partition coefficient (Wildman–Crippen LogP) is 3.43. The largest absolute Gasteiger partial charge is 0.351 e. The number of rotatable bonds is 3. The molecule has 1 nitrogen and oxygen atoms in total. The van der Waals surface area contributed by atoms with Crippen LogP contribution in [0.3, 0.4) is 0 Å². The third kappa shape index (κ3) is 2.46. The van der Waals surface area contributed by atoms with Gasteiger partial charge in [0.05, 0.1) is 0 Å². The Bertz CT molecular complexity index is 403. The SMILES string of the molecule is CC(Cc1ccc(F)cc1)n1cccc1. The quantitative estimate of drug-likeness (QED) is 0.720. The molecule has 0 saturated heterocycles. The fourth-order valence-electron chi connectivity index (χ4n) is 1.71. The Labute approximate surface area is 89.2 Å². The lowest BCUT2D eigenvalue weighted by Gasteiger charge is -2.13. The summed E-state index contributed by atoms with van der Waals surface area (Å²) in [6.07, 6.45) is 5.03. The van der Waals surface area contributed by atoms with Crippen LogP contribution in [0.4, 0.5) is 4.39 Å². The average Bonchev–Trinajstić information content (AvgIpc) is 2.74. The summed E-state index contributed by atoms with van der Waals surface area (Å²) in [5.41, 5.74) is 1.16. The van der Waals surface area contributed by atoms with Crippen molar-refractivity contribution >= 4 is 0 Å². The second kappa shape index (κ2) is 4.30. The van der Waals surface area contributed by atoms with Gasteiger partial charge in [-0.1, -0.05) is 12.1 Å². The van der Waals surface area contributed by atoms with Gasteiger partial charge in [0.15, 0.2) is 0 Å². The first-order valence-corrected chi connectivity index (χ1v) is 5.12. The standard InChI is InChI=1S/C13H14FN/c1-11(15-8-2-3-9-15)10-12-4-6-13(14)7-5-12/h2-9,11H,10H2,1H3. The van der Waals surface area contributed by atoms with Gasteiger partial charge in [-0.15, -0.1) is 0 Å². The van der Waals surface area contributed by atoms with E-state index in [1.165, 1.54) is 12.1 Å². The zero-order valence-corrected chi connectivity index (χ0v) is 8.73. The van der Waals surface area contributed by atoms with Crippen LogP contribution in [-0.4, -0.2) is 4.57 Å². The predicted molar refractivity (Wildman–Crippen MR) is 59.2 cm³/mol. The van der Waals surface area contributed by atoms with E-state index in [9.17, 15) is 4.39 Å². The van der Waals surface area contributed by atoms with Crippen LogP contribution in [0.1, 0.15) is 18.5 Å². The van der Waals surface area contributed by atoms with Crippen LogP contribution in [-0.2, 0) is 6.42 Å². The van der Waals surface area contributed by atoms with Gasteiger partial charge in [0.2, 0.25) is 0 Å². The Morgan fingerprint density at radius 2 is 1.73 bits per heavy atom. The van der Waals surface area contributed by atoms with E-state index in [1.54, 1.807) is 0 Å². The lowest BCUT2D eigenvalue weighted by molar-refractivity contribution is 0.546. The van der Waals surface area contributed by atoms with Crippen molar-refractivity contribution in [2.75, 3.05) is 0 Å². The number of hydrogen-bond acceptors (Lipinski definition) is 0. The van der Waals surface area contributed by atoms with Crippen molar-refractivity contribution in [1.29, 1.82) is 0 Å². The van der Waals surface area contributed by atoms with Gasteiger partial charge in [-0.05, 0) is 43.2 Å². The minimum absolute atomic E-state index is 0.174. The molecule has 2 aromatic rings. The lowest BCUT2D eigenvalue weighted by atomic mass is 10.1. The molecule has 0 fully saturated rings. The van der Waals surface area contributed by atoms with E-state index in [4.69, 9.17) is 0 Å². The number of halogens is 1. The monoisotopic (exact) mass is 203 g/mol. The number of nitrogens with zero attached hydrogens (tertiary/aromatic N) is 1. The van der Waals surface area contributed by atoms with Gasteiger partial charge in [0, 0.05) is 18.4 Å². The fourth-order valence-corrected chi connectivity index (χ4v) is 1.71. The molecule has 1 unspecified atom stereocenters. The van der Waals surface area contributed by atoms with E-state index in [2.05, 4.69) is 11.5 Å². The van der Waals surface area contributed by atoms with E-state index in [0.717, 1.165) is 12.0 Å². The highest BCUT2D eigenvalue weighted by Crippen LogP contribution is 2.14. The van der Waals surface area contributed by atoms with Crippen molar-refractivity contribution in [2.24, 2.45) is 0 Å². The zero-order chi connectivity index (χ0) is 10.7. The molecule has 0 radical (unpaired) electrons. The molecule has 1 aromatic carbocycles. The summed E-state index contributed by atoms with van der Waals surface area (Å²) in [6, 6.07) is 11.1. The maximum absolute atomic E-state index is 12.7. The lowest BCUT2D eigenvalue weighted by Crippen LogP contribution is -2.05. The molecular weight excluding hydrogens is 189 g/mol. The third-order valence-electron chi connectivity index (χ3n) is 2.58. The molecular formula is C13H14FN. The van der Waals surface area contributed by atoms with E-state index >= 15 is 0 Å². The van der Waals surface area contributed by atoms with E-state index < -0.39 is 0 Å². The molecule has 0 aliphatic carbocycles. The Morgan fingerprint density at radius 1 is 1.13 bits per heavy atom. The maximum Gasteiger partial charge on any atom is 0.123 e. The van der Waals surface area contributed by atoms with Crippen molar-refractivity contribution in [3.8, 4) is 0 Å². The highest BCUT2D eigenvalue weighted by Gasteiger charge is 2.04. The molecule has 0 amide bonds. The zero-order valence-electron chi connectivity index (χ0n) is 8.73. The Kier molecular flexibility index (Phi) is 2.86. The first-order valence-electron chi connectivity index (χ1n) is 5.12. The first kappa shape index (κ1) is 9.97. The van der Waals surface area contributed by atoms with Crippen molar-refractivity contribution in [2.45, 2.75) is 19.4 Å². The summed E-state index contributed by atoms with van der Waals surface area (Å²) >= 11 is 0. The smallest absolute Gasteiger partial charge is 0.123 e. The second-order valence-corrected chi connectivity index (χ2v) is 3.81. The highest BCUT2D eigenvalue weighted by molar-refractivity contribution is 5.17. The first-order chi connectivity index (χ1) is 7.25. The maximum atomic E-state index is 12.7. The van der Waals surface area contributed by atoms with Crippen LogP contribution in [0.25, 0.3) is 0 Å².